The van der Waals surface area contributed by atoms with Crippen molar-refractivity contribution in [3.8, 4) is 0 Å². The summed E-state index contributed by atoms with van der Waals surface area (Å²) in [5, 5.41) is 2.96. The van der Waals surface area contributed by atoms with Gasteiger partial charge >= 0.3 is 0 Å². The Morgan fingerprint density at radius 2 is 2.47 bits per heavy atom. The second-order valence-electron chi connectivity index (χ2n) is 3.84. The van der Waals surface area contributed by atoms with E-state index in [1.165, 1.54) is 5.57 Å². The molecule has 1 atom stereocenters. The molecule has 0 saturated heterocycles. The largest absolute Gasteiger partial charge is 0.380 e. The number of rotatable bonds is 4. The molecule has 0 aromatic carbocycles. The third-order valence-corrected chi connectivity index (χ3v) is 2.75. The maximum absolute atomic E-state index is 11.8. The average molecular weight is 212 g/mol. The summed E-state index contributed by atoms with van der Waals surface area (Å²) in [6, 6.07) is -0.0950. The molecule has 86 valence electrons. The summed E-state index contributed by atoms with van der Waals surface area (Å²) in [6.45, 7) is 4.09. The minimum atomic E-state index is -0.0950. The summed E-state index contributed by atoms with van der Waals surface area (Å²) < 4.78 is 5.06. The predicted octanol–water partition coefficient (Wildman–Crippen LogP) is 0.399. The second-order valence-corrected chi connectivity index (χ2v) is 3.84. The van der Waals surface area contributed by atoms with Crippen LogP contribution >= 0.6 is 0 Å². The lowest BCUT2D eigenvalue weighted by atomic mass is 10.1. The number of ether oxygens (including phenoxy) is 1. The number of nitrogens with zero attached hydrogens (tertiary/aromatic N) is 1. The van der Waals surface area contributed by atoms with Gasteiger partial charge in [0.15, 0.2) is 0 Å². The molecule has 4 heteroatoms. The van der Waals surface area contributed by atoms with Gasteiger partial charge in [0, 0.05) is 20.2 Å². The number of nitrogens with one attached hydrogen (secondary N) is 1. The summed E-state index contributed by atoms with van der Waals surface area (Å²) in [5.74, 6) is 0.171. The first-order valence-electron chi connectivity index (χ1n) is 5.32. The van der Waals surface area contributed by atoms with Crippen molar-refractivity contribution < 1.29 is 9.53 Å². The molecule has 1 amide bonds. The molecule has 0 aliphatic carbocycles. The van der Waals surface area contributed by atoms with E-state index in [1.807, 2.05) is 11.8 Å². The Bertz CT molecular complexity index is 251. The van der Waals surface area contributed by atoms with Gasteiger partial charge in [0.2, 0.25) is 5.91 Å². The van der Waals surface area contributed by atoms with E-state index in [0.717, 1.165) is 13.0 Å². The van der Waals surface area contributed by atoms with Crippen LogP contribution in [0.25, 0.3) is 0 Å². The van der Waals surface area contributed by atoms with Crippen LogP contribution < -0.4 is 5.32 Å². The molecule has 0 spiro atoms. The van der Waals surface area contributed by atoms with Crippen LogP contribution in [0, 0.1) is 0 Å². The van der Waals surface area contributed by atoms with Gasteiger partial charge in [-0.2, -0.15) is 0 Å². The molecule has 0 radical (unpaired) electrons. The number of carbonyl (C=O) groups is 1. The summed E-state index contributed by atoms with van der Waals surface area (Å²) in [5.41, 5.74) is 1.29. The third kappa shape index (κ3) is 3.32. The molecule has 0 fully saturated rings. The van der Waals surface area contributed by atoms with E-state index in [1.54, 1.807) is 14.2 Å². The van der Waals surface area contributed by atoms with Crippen LogP contribution in [0.2, 0.25) is 0 Å². The van der Waals surface area contributed by atoms with Crippen LogP contribution in [0.1, 0.15) is 13.3 Å². The fourth-order valence-electron chi connectivity index (χ4n) is 1.63. The van der Waals surface area contributed by atoms with E-state index in [2.05, 4.69) is 11.4 Å². The molecule has 1 heterocycles. The highest BCUT2D eigenvalue weighted by atomic mass is 16.5. The molecule has 1 unspecified atom stereocenters. The van der Waals surface area contributed by atoms with Crippen molar-refractivity contribution in [3.05, 3.63) is 11.6 Å². The fraction of sp³-hybridized carbons (Fsp3) is 0.727. The van der Waals surface area contributed by atoms with Gasteiger partial charge in [0.1, 0.15) is 0 Å². The van der Waals surface area contributed by atoms with Gasteiger partial charge in [-0.25, -0.2) is 0 Å². The van der Waals surface area contributed by atoms with E-state index in [-0.39, 0.29) is 11.9 Å². The molecular weight excluding hydrogens is 192 g/mol. The molecule has 1 N–H and O–H groups in total. The SMILES string of the molecule is CNC(C)C(=O)N1CC=C(COC)CC1. The average Bonchev–Trinajstić information content (AvgIpc) is 2.28. The topological polar surface area (TPSA) is 41.6 Å². The molecule has 4 nitrogen and oxygen atoms in total. The number of hydrogen-bond donors (Lipinski definition) is 1. The second kappa shape index (κ2) is 5.88. The Labute approximate surface area is 91.3 Å². The molecular formula is C11H20N2O2. The van der Waals surface area contributed by atoms with Crippen molar-refractivity contribution in [1.82, 2.24) is 10.2 Å². The first-order valence-corrected chi connectivity index (χ1v) is 5.32. The Morgan fingerprint density at radius 3 is 2.93 bits per heavy atom. The summed E-state index contributed by atoms with van der Waals surface area (Å²) in [7, 11) is 3.50. The van der Waals surface area contributed by atoms with Crippen molar-refractivity contribution >= 4 is 5.91 Å². The number of methoxy groups -OCH3 is 1. The summed E-state index contributed by atoms with van der Waals surface area (Å²) >= 11 is 0. The van der Waals surface area contributed by atoms with Gasteiger partial charge in [-0.15, -0.1) is 0 Å². The maximum Gasteiger partial charge on any atom is 0.239 e. The lowest BCUT2D eigenvalue weighted by Gasteiger charge is -2.28. The van der Waals surface area contributed by atoms with Crippen LogP contribution in [0.5, 0.6) is 0 Å². The van der Waals surface area contributed by atoms with E-state index in [9.17, 15) is 4.79 Å². The molecule has 0 saturated carbocycles. The quantitative estimate of drug-likeness (QED) is 0.686. The van der Waals surface area contributed by atoms with Crippen molar-refractivity contribution in [2.24, 2.45) is 0 Å². The Kier molecular flexibility index (Phi) is 4.78. The number of hydrogen-bond acceptors (Lipinski definition) is 3. The maximum atomic E-state index is 11.8. The van der Waals surface area contributed by atoms with Crippen molar-refractivity contribution in [2.45, 2.75) is 19.4 Å². The van der Waals surface area contributed by atoms with Gasteiger partial charge < -0.3 is 15.0 Å². The van der Waals surface area contributed by atoms with Crippen LogP contribution in [0.4, 0.5) is 0 Å². The number of likely N-dealkylation sites (N-methyl/N-ethyl adjacent to an activating group) is 1. The minimum absolute atomic E-state index is 0.0950. The van der Waals surface area contributed by atoms with E-state index >= 15 is 0 Å². The van der Waals surface area contributed by atoms with Gasteiger partial charge in [0.05, 0.1) is 12.6 Å². The normalized spacial score (nSPS) is 18.6. The molecule has 1 aliphatic heterocycles. The lowest BCUT2D eigenvalue weighted by Crippen LogP contribution is -2.45. The zero-order valence-electron chi connectivity index (χ0n) is 9.75. The molecule has 0 bridgehead atoms. The van der Waals surface area contributed by atoms with E-state index in [4.69, 9.17) is 4.74 Å². The molecule has 15 heavy (non-hydrogen) atoms. The first-order chi connectivity index (χ1) is 7.19. The molecule has 0 aromatic rings. The third-order valence-electron chi connectivity index (χ3n) is 2.75. The van der Waals surface area contributed by atoms with Gasteiger partial charge in [-0.1, -0.05) is 6.08 Å². The predicted molar refractivity (Wildman–Crippen MR) is 59.7 cm³/mol. The zero-order chi connectivity index (χ0) is 11.3. The van der Waals surface area contributed by atoms with E-state index in [0.29, 0.717) is 13.2 Å². The molecule has 1 aliphatic rings. The number of carbonyl (C=O) groups excluding carboxylic acids is 1. The van der Waals surface area contributed by atoms with Gasteiger partial charge in [-0.05, 0) is 26.0 Å². The lowest BCUT2D eigenvalue weighted by molar-refractivity contribution is -0.132. The van der Waals surface area contributed by atoms with E-state index < -0.39 is 0 Å². The highest BCUT2D eigenvalue weighted by molar-refractivity contribution is 5.81. The van der Waals surface area contributed by atoms with Crippen LogP contribution in [-0.2, 0) is 9.53 Å². The monoisotopic (exact) mass is 212 g/mol. The summed E-state index contributed by atoms with van der Waals surface area (Å²) in [6.07, 6.45) is 3.02. The molecule has 0 aromatic heterocycles. The van der Waals surface area contributed by atoms with Crippen LogP contribution in [0.15, 0.2) is 11.6 Å². The smallest absolute Gasteiger partial charge is 0.239 e. The van der Waals surface area contributed by atoms with Crippen LogP contribution in [0.3, 0.4) is 0 Å². The number of amides is 1. The van der Waals surface area contributed by atoms with Crippen molar-refractivity contribution in [3.63, 3.8) is 0 Å². The molecule has 1 rings (SSSR count). The Morgan fingerprint density at radius 1 is 1.73 bits per heavy atom. The fourth-order valence-corrected chi connectivity index (χ4v) is 1.63. The highest BCUT2D eigenvalue weighted by Crippen LogP contribution is 2.11. The standard InChI is InChI=1S/C11H20N2O2/c1-9(12-2)11(14)13-6-4-10(5-7-13)8-15-3/h4,9,12H,5-8H2,1-3H3. The zero-order valence-corrected chi connectivity index (χ0v) is 9.75. The summed E-state index contributed by atoms with van der Waals surface area (Å²) in [4.78, 5) is 13.7. The van der Waals surface area contributed by atoms with Crippen molar-refractivity contribution in [2.75, 3.05) is 33.9 Å². The van der Waals surface area contributed by atoms with Gasteiger partial charge in [-0.3, -0.25) is 4.79 Å². The Balaban J connectivity index is 2.46. The Hall–Kier alpha value is -0.870. The van der Waals surface area contributed by atoms with Crippen molar-refractivity contribution in [1.29, 1.82) is 0 Å². The minimum Gasteiger partial charge on any atom is -0.380 e. The first kappa shape index (κ1) is 12.2. The van der Waals surface area contributed by atoms with Gasteiger partial charge in [0.25, 0.3) is 0 Å². The van der Waals surface area contributed by atoms with Crippen LogP contribution in [-0.4, -0.2) is 50.7 Å². The highest BCUT2D eigenvalue weighted by Gasteiger charge is 2.20.